The van der Waals surface area contributed by atoms with Gasteiger partial charge in [0, 0.05) is 51.5 Å². The van der Waals surface area contributed by atoms with E-state index in [1.165, 1.54) is 5.56 Å². The minimum Gasteiger partial charge on any atom is -0.340 e. The van der Waals surface area contributed by atoms with Crippen LogP contribution in [-0.4, -0.2) is 46.9 Å². The van der Waals surface area contributed by atoms with Crippen LogP contribution in [0.4, 0.5) is 0 Å². The number of nitrogens with zero attached hydrogens (tertiary/aromatic N) is 3. The van der Waals surface area contributed by atoms with Crippen LogP contribution in [0.15, 0.2) is 24.5 Å². The highest BCUT2D eigenvalue weighted by molar-refractivity contribution is 5.76. The normalized spacial score (nSPS) is 16.8. The second-order valence-corrected chi connectivity index (χ2v) is 4.76. The molecule has 98 valence electrons. The SMILES string of the molecule is CCCC(=O)N1CCN(Cc2ccncc2)CC1. The van der Waals surface area contributed by atoms with Gasteiger partial charge in [0.05, 0.1) is 0 Å². The van der Waals surface area contributed by atoms with Gasteiger partial charge in [0.25, 0.3) is 0 Å². The highest BCUT2D eigenvalue weighted by Gasteiger charge is 2.20. The van der Waals surface area contributed by atoms with Crippen molar-refractivity contribution >= 4 is 5.91 Å². The molecular weight excluding hydrogens is 226 g/mol. The Kier molecular flexibility index (Phi) is 4.70. The third-order valence-corrected chi connectivity index (χ3v) is 3.34. The molecule has 4 nitrogen and oxygen atoms in total. The zero-order valence-corrected chi connectivity index (χ0v) is 11.0. The number of hydrogen-bond acceptors (Lipinski definition) is 3. The van der Waals surface area contributed by atoms with Gasteiger partial charge < -0.3 is 4.90 Å². The Morgan fingerprint density at radius 1 is 1.22 bits per heavy atom. The molecule has 1 aromatic rings. The number of carbonyl (C=O) groups is 1. The highest BCUT2D eigenvalue weighted by Crippen LogP contribution is 2.09. The van der Waals surface area contributed by atoms with Crippen molar-refractivity contribution in [3.05, 3.63) is 30.1 Å². The maximum absolute atomic E-state index is 11.8. The van der Waals surface area contributed by atoms with E-state index in [2.05, 4.69) is 28.9 Å². The molecule has 0 aromatic carbocycles. The smallest absolute Gasteiger partial charge is 0.222 e. The van der Waals surface area contributed by atoms with E-state index in [1.54, 1.807) is 0 Å². The van der Waals surface area contributed by atoms with Gasteiger partial charge in [-0.05, 0) is 24.1 Å². The summed E-state index contributed by atoms with van der Waals surface area (Å²) < 4.78 is 0. The van der Waals surface area contributed by atoms with Crippen molar-refractivity contribution in [1.29, 1.82) is 0 Å². The predicted octanol–water partition coefficient (Wildman–Crippen LogP) is 1.53. The Morgan fingerprint density at radius 3 is 2.50 bits per heavy atom. The minimum atomic E-state index is 0.307. The average molecular weight is 247 g/mol. The summed E-state index contributed by atoms with van der Waals surface area (Å²) in [6.07, 6.45) is 5.28. The third-order valence-electron chi connectivity index (χ3n) is 3.34. The fraction of sp³-hybridized carbons (Fsp3) is 0.571. The van der Waals surface area contributed by atoms with Crippen molar-refractivity contribution in [2.24, 2.45) is 0 Å². The van der Waals surface area contributed by atoms with E-state index in [4.69, 9.17) is 0 Å². The number of piperazine rings is 1. The second kappa shape index (κ2) is 6.50. The van der Waals surface area contributed by atoms with Crippen LogP contribution in [0.3, 0.4) is 0 Å². The highest BCUT2D eigenvalue weighted by atomic mass is 16.2. The van der Waals surface area contributed by atoms with E-state index in [1.807, 2.05) is 17.3 Å². The monoisotopic (exact) mass is 247 g/mol. The number of rotatable bonds is 4. The van der Waals surface area contributed by atoms with E-state index in [0.717, 1.165) is 39.1 Å². The first kappa shape index (κ1) is 13.0. The molecule has 0 aliphatic carbocycles. The van der Waals surface area contributed by atoms with Crippen molar-refractivity contribution < 1.29 is 4.79 Å². The van der Waals surface area contributed by atoms with E-state index in [-0.39, 0.29) is 0 Å². The molecular formula is C14H21N3O. The number of aromatic nitrogens is 1. The van der Waals surface area contributed by atoms with Crippen LogP contribution in [0.1, 0.15) is 25.3 Å². The lowest BCUT2D eigenvalue weighted by molar-refractivity contribution is -0.133. The lowest BCUT2D eigenvalue weighted by Crippen LogP contribution is -2.48. The zero-order chi connectivity index (χ0) is 12.8. The van der Waals surface area contributed by atoms with Crippen LogP contribution < -0.4 is 0 Å². The molecule has 4 heteroatoms. The van der Waals surface area contributed by atoms with E-state index in [0.29, 0.717) is 12.3 Å². The van der Waals surface area contributed by atoms with Crippen LogP contribution in [0.25, 0.3) is 0 Å². The van der Waals surface area contributed by atoms with Gasteiger partial charge in [0.15, 0.2) is 0 Å². The van der Waals surface area contributed by atoms with Gasteiger partial charge in [-0.2, -0.15) is 0 Å². The summed E-state index contributed by atoms with van der Waals surface area (Å²) in [4.78, 5) is 20.2. The standard InChI is InChI=1S/C14H21N3O/c1-2-3-14(18)17-10-8-16(9-11-17)12-13-4-6-15-7-5-13/h4-7H,2-3,8-12H2,1H3. The number of pyridine rings is 1. The van der Waals surface area contributed by atoms with Crippen molar-refractivity contribution in [1.82, 2.24) is 14.8 Å². The van der Waals surface area contributed by atoms with Gasteiger partial charge in [-0.15, -0.1) is 0 Å². The molecule has 1 aliphatic rings. The van der Waals surface area contributed by atoms with Crippen LogP contribution >= 0.6 is 0 Å². The lowest BCUT2D eigenvalue weighted by atomic mass is 10.2. The fourth-order valence-electron chi connectivity index (χ4n) is 2.27. The summed E-state index contributed by atoms with van der Waals surface area (Å²) in [6.45, 7) is 6.68. The molecule has 0 atom stereocenters. The van der Waals surface area contributed by atoms with Crippen LogP contribution in [0.5, 0.6) is 0 Å². The maximum atomic E-state index is 11.8. The molecule has 0 N–H and O–H groups in total. The summed E-state index contributed by atoms with van der Waals surface area (Å²) in [5.41, 5.74) is 1.29. The predicted molar refractivity (Wildman–Crippen MR) is 71.0 cm³/mol. The molecule has 1 aromatic heterocycles. The molecule has 2 rings (SSSR count). The summed E-state index contributed by atoms with van der Waals surface area (Å²) in [5.74, 6) is 0.307. The van der Waals surface area contributed by atoms with Crippen LogP contribution in [0.2, 0.25) is 0 Å². The molecule has 1 saturated heterocycles. The summed E-state index contributed by atoms with van der Waals surface area (Å²) in [6, 6.07) is 4.10. The molecule has 2 heterocycles. The fourth-order valence-corrected chi connectivity index (χ4v) is 2.27. The number of carbonyl (C=O) groups excluding carboxylic acids is 1. The first-order chi connectivity index (χ1) is 8.79. The average Bonchev–Trinajstić information content (AvgIpc) is 2.41. The van der Waals surface area contributed by atoms with Gasteiger partial charge in [-0.3, -0.25) is 14.7 Å². The molecule has 1 aliphatic heterocycles. The van der Waals surface area contributed by atoms with E-state index >= 15 is 0 Å². The largest absolute Gasteiger partial charge is 0.340 e. The van der Waals surface area contributed by atoms with Crippen molar-refractivity contribution in [2.75, 3.05) is 26.2 Å². The third kappa shape index (κ3) is 3.53. The summed E-state index contributed by atoms with van der Waals surface area (Å²) in [7, 11) is 0. The maximum Gasteiger partial charge on any atom is 0.222 e. The molecule has 0 radical (unpaired) electrons. The Labute approximate surface area is 109 Å². The Hall–Kier alpha value is -1.42. The topological polar surface area (TPSA) is 36.4 Å². The zero-order valence-electron chi connectivity index (χ0n) is 11.0. The molecule has 0 saturated carbocycles. The lowest BCUT2D eigenvalue weighted by Gasteiger charge is -2.34. The van der Waals surface area contributed by atoms with Crippen molar-refractivity contribution in [2.45, 2.75) is 26.3 Å². The summed E-state index contributed by atoms with van der Waals surface area (Å²) >= 11 is 0. The van der Waals surface area contributed by atoms with Crippen LogP contribution in [0, 0.1) is 0 Å². The van der Waals surface area contributed by atoms with Gasteiger partial charge in [0.1, 0.15) is 0 Å². The minimum absolute atomic E-state index is 0.307. The molecule has 0 spiro atoms. The molecule has 1 amide bonds. The first-order valence-electron chi connectivity index (χ1n) is 6.68. The van der Waals surface area contributed by atoms with Gasteiger partial charge in [-0.25, -0.2) is 0 Å². The Bertz CT molecular complexity index is 372. The quantitative estimate of drug-likeness (QED) is 0.809. The van der Waals surface area contributed by atoms with Crippen LogP contribution in [-0.2, 0) is 11.3 Å². The van der Waals surface area contributed by atoms with E-state index in [9.17, 15) is 4.79 Å². The molecule has 0 unspecified atom stereocenters. The second-order valence-electron chi connectivity index (χ2n) is 4.76. The Morgan fingerprint density at radius 2 is 1.89 bits per heavy atom. The first-order valence-corrected chi connectivity index (χ1v) is 6.68. The number of hydrogen-bond donors (Lipinski definition) is 0. The van der Waals surface area contributed by atoms with Crippen molar-refractivity contribution in [3.63, 3.8) is 0 Å². The molecule has 0 bridgehead atoms. The van der Waals surface area contributed by atoms with Gasteiger partial charge in [-0.1, -0.05) is 6.92 Å². The molecule has 18 heavy (non-hydrogen) atoms. The van der Waals surface area contributed by atoms with Crippen molar-refractivity contribution in [3.8, 4) is 0 Å². The summed E-state index contributed by atoms with van der Waals surface area (Å²) in [5, 5.41) is 0. The Balaban J connectivity index is 1.78. The number of amides is 1. The molecule has 1 fully saturated rings. The van der Waals surface area contributed by atoms with E-state index < -0.39 is 0 Å². The van der Waals surface area contributed by atoms with Gasteiger partial charge >= 0.3 is 0 Å². The van der Waals surface area contributed by atoms with Gasteiger partial charge in [0.2, 0.25) is 5.91 Å².